The van der Waals surface area contributed by atoms with E-state index in [2.05, 4.69) is 50.3 Å². The lowest BCUT2D eigenvalue weighted by molar-refractivity contribution is -0.153. The Bertz CT molecular complexity index is 936. The maximum absolute atomic E-state index is 12.5. The van der Waals surface area contributed by atoms with Crippen LogP contribution in [0, 0.1) is 0 Å². The fourth-order valence-electron chi connectivity index (χ4n) is 5.74. The van der Waals surface area contributed by atoms with Crippen LogP contribution in [0.5, 0.6) is 0 Å². The van der Waals surface area contributed by atoms with E-state index in [1.807, 2.05) is 6.08 Å². The largest absolute Gasteiger partial charge is 0.498 e. The molecule has 0 aliphatic carbocycles. The molecule has 0 amide bonds. The van der Waals surface area contributed by atoms with Crippen LogP contribution < -0.4 is 5.73 Å². The highest BCUT2D eigenvalue weighted by molar-refractivity contribution is 7.47. The minimum absolute atomic E-state index is 0.0251. The number of ether oxygens (including phenoxy) is 2. The smallest absolute Gasteiger partial charge is 0.472 e. The molecule has 52 heavy (non-hydrogen) atoms. The maximum atomic E-state index is 12.5. The molecule has 8 nitrogen and oxygen atoms in total. The molecule has 304 valence electrons. The number of rotatable bonds is 40. The normalized spacial score (nSPS) is 13.9. The molecule has 0 fully saturated rings. The van der Waals surface area contributed by atoms with Gasteiger partial charge in [0.15, 0.2) is 6.10 Å². The standard InChI is InChI=1S/C43H80NO7P/c1-3-5-7-9-11-13-15-17-19-20-21-23-25-27-29-31-33-35-38-48-40-42(41-50-52(46,47)49-39-37-44)51-43(45)36-34-32-30-28-26-24-22-18-16-14-12-10-8-6-4-2/h6,8,12,14,18,22,35,38,42H,3-5,7,9-11,13,15-17,19-21,23-34,36-37,39-41,44H2,1-2H3,(H,46,47)/b8-6+,14-12+,22-18+,38-35+/t42-/m1/s1. The fourth-order valence-corrected chi connectivity index (χ4v) is 6.51. The zero-order chi connectivity index (χ0) is 38.1. The fraction of sp³-hybridized carbons (Fsp3) is 0.791. The molecule has 9 heteroatoms. The number of nitrogens with two attached hydrogens (primary N) is 1. The first kappa shape index (κ1) is 50.3. The third-order valence-corrected chi connectivity index (χ3v) is 9.81. The van der Waals surface area contributed by atoms with E-state index < -0.39 is 13.9 Å². The summed E-state index contributed by atoms with van der Waals surface area (Å²) in [6.07, 6.45) is 47.9. The lowest BCUT2D eigenvalue weighted by atomic mass is 10.0. The third-order valence-electron chi connectivity index (χ3n) is 8.82. The van der Waals surface area contributed by atoms with Gasteiger partial charge in [-0.15, -0.1) is 0 Å². The lowest BCUT2D eigenvalue weighted by Gasteiger charge is -2.19. The Morgan fingerprint density at radius 2 is 1.10 bits per heavy atom. The molecule has 0 saturated carbocycles. The summed E-state index contributed by atoms with van der Waals surface area (Å²) in [5, 5.41) is 0. The number of hydrogen-bond donors (Lipinski definition) is 2. The Balaban J connectivity index is 4.10. The molecule has 0 rings (SSSR count). The number of hydrogen-bond acceptors (Lipinski definition) is 7. The zero-order valence-electron chi connectivity index (χ0n) is 33.5. The second kappa shape index (κ2) is 40.5. The Morgan fingerprint density at radius 3 is 1.63 bits per heavy atom. The molecular weight excluding hydrogens is 673 g/mol. The summed E-state index contributed by atoms with van der Waals surface area (Å²) in [7, 11) is -4.30. The summed E-state index contributed by atoms with van der Waals surface area (Å²) in [6, 6.07) is 0. The van der Waals surface area contributed by atoms with Crippen LogP contribution in [-0.2, 0) is 27.9 Å². The van der Waals surface area contributed by atoms with Crippen LogP contribution in [0.2, 0.25) is 0 Å². The summed E-state index contributed by atoms with van der Waals surface area (Å²) in [4.78, 5) is 22.4. The number of phosphoric ester groups is 1. The van der Waals surface area contributed by atoms with Crippen molar-refractivity contribution in [3.8, 4) is 0 Å². The van der Waals surface area contributed by atoms with Gasteiger partial charge in [0.1, 0.15) is 6.61 Å². The van der Waals surface area contributed by atoms with E-state index in [4.69, 9.17) is 24.3 Å². The first-order valence-electron chi connectivity index (χ1n) is 21.2. The highest BCUT2D eigenvalue weighted by Gasteiger charge is 2.25. The molecule has 0 aromatic carbocycles. The molecule has 0 aliphatic heterocycles. The summed E-state index contributed by atoms with van der Waals surface area (Å²) >= 11 is 0. The molecule has 3 N–H and O–H groups in total. The first-order valence-corrected chi connectivity index (χ1v) is 22.7. The molecule has 0 aromatic rings. The van der Waals surface area contributed by atoms with Gasteiger partial charge in [0.05, 0.1) is 19.5 Å². The van der Waals surface area contributed by atoms with Crippen molar-refractivity contribution in [1.29, 1.82) is 0 Å². The average Bonchev–Trinajstić information content (AvgIpc) is 3.13. The minimum atomic E-state index is -4.30. The van der Waals surface area contributed by atoms with Crippen molar-refractivity contribution in [1.82, 2.24) is 0 Å². The Hall–Kier alpha value is -1.70. The van der Waals surface area contributed by atoms with E-state index in [1.54, 1.807) is 6.26 Å². The van der Waals surface area contributed by atoms with E-state index >= 15 is 0 Å². The lowest BCUT2D eigenvalue weighted by Crippen LogP contribution is -2.27. The van der Waals surface area contributed by atoms with Crippen LogP contribution in [0.3, 0.4) is 0 Å². The maximum Gasteiger partial charge on any atom is 0.472 e. The van der Waals surface area contributed by atoms with Crippen molar-refractivity contribution in [2.24, 2.45) is 5.73 Å². The molecule has 0 spiro atoms. The molecule has 0 aromatic heterocycles. The molecule has 0 bridgehead atoms. The van der Waals surface area contributed by atoms with Gasteiger partial charge in [-0.05, 0) is 57.4 Å². The molecular formula is C43H80NO7P. The Kier molecular flexibility index (Phi) is 39.2. The van der Waals surface area contributed by atoms with Crippen LogP contribution in [0.1, 0.15) is 187 Å². The quantitative estimate of drug-likeness (QED) is 0.0209. The number of carbonyl (C=O) groups is 1. The van der Waals surface area contributed by atoms with Crippen LogP contribution >= 0.6 is 7.82 Å². The Morgan fingerprint density at radius 1 is 0.615 bits per heavy atom. The molecule has 0 heterocycles. The van der Waals surface area contributed by atoms with Crippen LogP contribution in [0.25, 0.3) is 0 Å². The molecule has 0 radical (unpaired) electrons. The van der Waals surface area contributed by atoms with E-state index in [0.717, 1.165) is 70.6 Å². The van der Waals surface area contributed by atoms with Gasteiger partial charge in [-0.3, -0.25) is 13.8 Å². The monoisotopic (exact) mass is 754 g/mol. The van der Waals surface area contributed by atoms with Crippen LogP contribution in [0.4, 0.5) is 0 Å². The van der Waals surface area contributed by atoms with E-state index in [9.17, 15) is 14.3 Å². The van der Waals surface area contributed by atoms with Gasteiger partial charge in [0.2, 0.25) is 0 Å². The summed E-state index contributed by atoms with van der Waals surface area (Å²) in [5.41, 5.74) is 5.36. The minimum Gasteiger partial charge on any atom is -0.498 e. The van der Waals surface area contributed by atoms with Gasteiger partial charge in [-0.2, -0.15) is 0 Å². The second-order valence-electron chi connectivity index (χ2n) is 13.9. The first-order chi connectivity index (χ1) is 25.4. The number of phosphoric acid groups is 1. The number of unbranched alkanes of at least 4 members (excludes halogenated alkanes) is 21. The van der Waals surface area contributed by atoms with E-state index in [-0.39, 0.29) is 38.8 Å². The van der Waals surface area contributed by atoms with Crippen molar-refractivity contribution in [2.45, 2.75) is 193 Å². The van der Waals surface area contributed by atoms with Crippen molar-refractivity contribution in [2.75, 3.05) is 26.4 Å². The predicted octanol–water partition coefficient (Wildman–Crippen LogP) is 12.8. The molecule has 2 atom stereocenters. The van der Waals surface area contributed by atoms with Crippen molar-refractivity contribution >= 4 is 13.8 Å². The summed E-state index contributed by atoms with van der Waals surface area (Å²) in [5.74, 6) is -0.369. The topological polar surface area (TPSA) is 117 Å². The predicted molar refractivity (Wildman–Crippen MR) is 219 cm³/mol. The molecule has 1 unspecified atom stereocenters. The second-order valence-corrected chi connectivity index (χ2v) is 15.3. The third kappa shape index (κ3) is 39.5. The van der Waals surface area contributed by atoms with E-state index in [0.29, 0.717) is 0 Å². The number of allylic oxidation sites excluding steroid dienone is 7. The van der Waals surface area contributed by atoms with Gasteiger partial charge in [-0.25, -0.2) is 4.57 Å². The number of esters is 1. The SMILES string of the molecule is CC/C=C/C/C=C/C/C=C/CCCCCCCC(=O)O[C@H](CO/C=C/CCCCCCCCCCCCCCCCCC)COP(=O)(O)OCCN. The van der Waals surface area contributed by atoms with Crippen molar-refractivity contribution in [3.63, 3.8) is 0 Å². The van der Waals surface area contributed by atoms with Gasteiger partial charge in [0, 0.05) is 13.0 Å². The highest BCUT2D eigenvalue weighted by atomic mass is 31.2. The van der Waals surface area contributed by atoms with Crippen LogP contribution in [0.15, 0.2) is 48.8 Å². The zero-order valence-corrected chi connectivity index (χ0v) is 34.4. The molecule has 0 aliphatic rings. The summed E-state index contributed by atoms with van der Waals surface area (Å²) in [6.45, 7) is 4.11. The van der Waals surface area contributed by atoms with Gasteiger partial charge in [0.25, 0.3) is 0 Å². The van der Waals surface area contributed by atoms with Gasteiger partial charge >= 0.3 is 13.8 Å². The van der Waals surface area contributed by atoms with Gasteiger partial charge < -0.3 is 20.1 Å². The van der Waals surface area contributed by atoms with Crippen molar-refractivity contribution in [3.05, 3.63) is 48.8 Å². The van der Waals surface area contributed by atoms with Crippen LogP contribution in [-0.4, -0.2) is 43.3 Å². The Labute approximate surface area is 320 Å². The summed E-state index contributed by atoms with van der Waals surface area (Å²) < 4.78 is 33.1. The number of carbonyl (C=O) groups excluding carboxylic acids is 1. The average molecular weight is 754 g/mol. The molecule has 0 saturated heterocycles. The van der Waals surface area contributed by atoms with E-state index in [1.165, 1.54) is 96.3 Å². The highest BCUT2D eigenvalue weighted by Crippen LogP contribution is 2.43. The van der Waals surface area contributed by atoms with Gasteiger partial charge in [-0.1, -0.05) is 166 Å². The van der Waals surface area contributed by atoms with Crippen molar-refractivity contribution < 1.29 is 32.8 Å².